The molecule has 0 radical (unpaired) electrons. The van der Waals surface area contributed by atoms with Gasteiger partial charge in [-0.2, -0.15) is 0 Å². The van der Waals surface area contributed by atoms with E-state index in [0.29, 0.717) is 18.7 Å². The molecule has 0 bridgehead atoms. The number of amides is 1. The predicted molar refractivity (Wildman–Crippen MR) is 75.3 cm³/mol. The fourth-order valence-corrected chi connectivity index (χ4v) is 2.23. The molecule has 0 spiro atoms. The Morgan fingerprint density at radius 1 is 1.45 bits per heavy atom. The summed E-state index contributed by atoms with van der Waals surface area (Å²) < 4.78 is 5.33. The first kappa shape index (κ1) is 14.8. The number of β-amino-alcohol motifs (C(OH)–C–C–N with tert-alkyl or cyclic N) is 1. The molecule has 1 aliphatic rings. The Labute approximate surface area is 119 Å². The van der Waals surface area contributed by atoms with E-state index in [4.69, 9.17) is 4.74 Å². The summed E-state index contributed by atoms with van der Waals surface area (Å²) in [4.78, 5) is 17.8. The molecule has 1 aromatic rings. The van der Waals surface area contributed by atoms with Gasteiger partial charge >= 0.3 is 6.09 Å². The van der Waals surface area contributed by atoms with Gasteiger partial charge in [-0.05, 0) is 39.3 Å². The molecule has 1 amide bonds. The van der Waals surface area contributed by atoms with E-state index in [0.717, 1.165) is 5.56 Å². The number of likely N-dealkylation sites (tertiary alicyclic amines) is 1. The van der Waals surface area contributed by atoms with E-state index in [2.05, 4.69) is 4.98 Å². The maximum Gasteiger partial charge on any atom is 0.410 e. The van der Waals surface area contributed by atoms with Crippen molar-refractivity contribution in [2.24, 2.45) is 0 Å². The summed E-state index contributed by atoms with van der Waals surface area (Å²) in [7, 11) is 0. The van der Waals surface area contributed by atoms with Gasteiger partial charge < -0.3 is 14.7 Å². The van der Waals surface area contributed by atoms with E-state index < -0.39 is 11.2 Å². The van der Waals surface area contributed by atoms with Gasteiger partial charge in [-0.3, -0.25) is 4.98 Å². The highest BCUT2D eigenvalue weighted by molar-refractivity contribution is 5.68. The van der Waals surface area contributed by atoms with Crippen LogP contribution >= 0.6 is 0 Å². The average Bonchev–Trinajstić information content (AvgIpc) is 2.72. The Morgan fingerprint density at radius 2 is 2.15 bits per heavy atom. The van der Waals surface area contributed by atoms with Gasteiger partial charge in [0.25, 0.3) is 0 Å². The first-order valence-corrected chi connectivity index (χ1v) is 6.83. The fraction of sp³-hybridized carbons (Fsp3) is 0.600. The normalized spacial score (nSPS) is 22.9. The van der Waals surface area contributed by atoms with Crippen molar-refractivity contribution in [2.75, 3.05) is 13.1 Å². The monoisotopic (exact) mass is 278 g/mol. The molecule has 0 saturated carbocycles. The minimum absolute atomic E-state index is 0.220. The van der Waals surface area contributed by atoms with Gasteiger partial charge in [0.2, 0.25) is 0 Å². The van der Waals surface area contributed by atoms with E-state index in [-0.39, 0.29) is 12.6 Å². The van der Waals surface area contributed by atoms with Crippen molar-refractivity contribution in [1.82, 2.24) is 9.88 Å². The van der Waals surface area contributed by atoms with E-state index in [9.17, 15) is 9.90 Å². The summed E-state index contributed by atoms with van der Waals surface area (Å²) in [5.41, 5.74) is 0.0401. The molecule has 0 aromatic carbocycles. The second-order valence-electron chi connectivity index (χ2n) is 6.40. The number of pyridine rings is 1. The van der Waals surface area contributed by atoms with Crippen LogP contribution in [0.3, 0.4) is 0 Å². The zero-order valence-electron chi connectivity index (χ0n) is 12.5. The largest absolute Gasteiger partial charge is 0.444 e. The zero-order valence-corrected chi connectivity index (χ0v) is 12.5. The highest BCUT2D eigenvalue weighted by atomic mass is 16.6. The van der Waals surface area contributed by atoms with Gasteiger partial charge in [-0.25, -0.2) is 4.79 Å². The quantitative estimate of drug-likeness (QED) is 0.855. The van der Waals surface area contributed by atoms with Crippen molar-refractivity contribution in [3.63, 3.8) is 0 Å². The van der Waals surface area contributed by atoms with Crippen LogP contribution in [0.5, 0.6) is 0 Å². The van der Waals surface area contributed by atoms with Gasteiger partial charge in [0, 0.05) is 19.2 Å². The molecule has 1 saturated heterocycles. The van der Waals surface area contributed by atoms with Crippen LogP contribution < -0.4 is 0 Å². The SMILES string of the molecule is Cc1ccc([C@]2(O)CCN(C(=O)OC(C)(C)C)C2)nc1. The number of hydrogen-bond acceptors (Lipinski definition) is 4. The van der Waals surface area contributed by atoms with E-state index in [1.807, 2.05) is 39.8 Å². The first-order chi connectivity index (χ1) is 9.20. The number of hydrogen-bond donors (Lipinski definition) is 1. The summed E-state index contributed by atoms with van der Waals surface area (Å²) in [6, 6.07) is 3.73. The van der Waals surface area contributed by atoms with Crippen LogP contribution in [0.25, 0.3) is 0 Å². The molecule has 1 atom stereocenters. The van der Waals surface area contributed by atoms with Gasteiger partial charge in [0.1, 0.15) is 11.2 Å². The van der Waals surface area contributed by atoms with Crippen LogP contribution in [0, 0.1) is 6.92 Å². The molecule has 5 nitrogen and oxygen atoms in total. The van der Waals surface area contributed by atoms with Crippen LogP contribution in [-0.4, -0.2) is 39.8 Å². The standard InChI is InChI=1S/C15H22N2O3/c1-11-5-6-12(16-9-11)15(19)7-8-17(10-15)13(18)20-14(2,3)4/h5-6,9,19H,7-8,10H2,1-4H3/t15-/m0/s1. The number of carbonyl (C=O) groups excluding carboxylic acids is 1. The minimum atomic E-state index is -1.08. The molecule has 1 N–H and O–H groups in total. The Bertz CT molecular complexity index is 493. The molecule has 0 aliphatic carbocycles. The van der Waals surface area contributed by atoms with Gasteiger partial charge in [0.15, 0.2) is 0 Å². The van der Waals surface area contributed by atoms with Gasteiger partial charge in [-0.15, -0.1) is 0 Å². The highest BCUT2D eigenvalue weighted by Crippen LogP contribution is 2.31. The Morgan fingerprint density at radius 3 is 2.70 bits per heavy atom. The number of ether oxygens (including phenoxy) is 1. The van der Waals surface area contributed by atoms with E-state index in [1.165, 1.54) is 4.90 Å². The second-order valence-corrected chi connectivity index (χ2v) is 6.40. The number of rotatable bonds is 1. The fourth-order valence-electron chi connectivity index (χ4n) is 2.23. The predicted octanol–water partition coefficient (Wildman–Crippen LogP) is 2.22. The van der Waals surface area contributed by atoms with Crippen molar-refractivity contribution in [2.45, 2.75) is 45.3 Å². The van der Waals surface area contributed by atoms with E-state index in [1.54, 1.807) is 6.20 Å². The third-order valence-electron chi connectivity index (χ3n) is 3.29. The van der Waals surface area contributed by atoms with Crippen LogP contribution in [0.15, 0.2) is 18.3 Å². The van der Waals surface area contributed by atoms with Crippen molar-refractivity contribution >= 4 is 6.09 Å². The number of aryl methyl sites for hydroxylation is 1. The summed E-state index contributed by atoms with van der Waals surface area (Å²) in [5, 5.41) is 10.7. The number of nitrogens with zero attached hydrogens (tertiary/aromatic N) is 2. The molecule has 2 rings (SSSR count). The van der Waals surface area contributed by atoms with Crippen LogP contribution in [-0.2, 0) is 10.3 Å². The average molecular weight is 278 g/mol. The summed E-state index contributed by atoms with van der Waals surface area (Å²) in [6.07, 6.45) is 1.81. The molecule has 1 fully saturated rings. The van der Waals surface area contributed by atoms with Crippen LogP contribution in [0.4, 0.5) is 4.79 Å². The summed E-state index contributed by atoms with van der Waals surface area (Å²) >= 11 is 0. The Kier molecular flexibility index (Phi) is 3.73. The maximum atomic E-state index is 12.0. The van der Waals surface area contributed by atoms with Crippen molar-refractivity contribution in [3.05, 3.63) is 29.6 Å². The zero-order chi connectivity index (χ0) is 15.0. The lowest BCUT2D eigenvalue weighted by Gasteiger charge is -2.26. The third-order valence-corrected chi connectivity index (χ3v) is 3.29. The Balaban J connectivity index is 2.07. The lowest BCUT2D eigenvalue weighted by Crippen LogP contribution is -2.38. The molecule has 1 aliphatic heterocycles. The van der Waals surface area contributed by atoms with Crippen molar-refractivity contribution in [3.8, 4) is 0 Å². The van der Waals surface area contributed by atoms with Gasteiger partial charge in [0.05, 0.1) is 12.2 Å². The van der Waals surface area contributed by atoms with Crippen LogP contribution in [0.1, 0.15) is 38.4 Å². The molecule has 2 heterocycles. The van der Waals surface area contributed by atoms with Crippen molar-refractivity contribution in [1.29, 1.82) is 0 Å². The smallest absolute Gasteiger partial charge is 0.410 e. The molecule has 110 valence electrons. The molecule has 0 unspecified atom stereocenters. The third kappa shape index (κ3) is 3.28. The number of aliphatic hydroxyl groups is 1. The first-order valence-electron chi connectivity index (χ1n) is 6.83. The lowest BCUT2D eigenvalue weighted by molar-refractivity contribution is 0.0126. The molecule has 20 heavy (non-hydrogen) atoms. The number of aromatic nitrogens is 1. The van der Waals surface area contributed by atoms with Crippen molar-refractivity contribution < 1.29 is 14.6 Å². The molecular weight excluding hydrogens is 256 g/mol. The Hall–Kier alpha value is -1.62. The summed E-state index contributed by atoms with van der Waals surface area (Å²) in [5.74, 6) is 0. The topological polar surface area (TPSA) is 62.7 Å². The lowest BCUT2D eigenvalue weighted by atomic mass is 9.98. The molecule has 1 aromatic heterocycles. The maximum absolute atomic E-state index is 12.0. The minimum Gasteiger partial charge on any atom is -0.444 e. The highest BCUT2D eigenvalue weighted by Gasteiger charge is 2.41. The number of carbonyl (C=O) groups is 1. The summed E-state index contributed by atoms with van der Waals surface area (Å²) in [6.45, 7) is 8.12. The molecular formula is C15H22N2O3. The van der Waals surface area contributed by atoms with Crippen LogP contribution in [0.2, 0.25) is 0 Å². The van der Waals surface area contributed by atoms with E-state index >= 15 is 0 Å². The second kappa shape index (κ2) is 5.05. The molecule has 5 heteroatoms. The van der Waals surface area contributed by atoms with Gasteiger partial charge in [-0.1, -0.05) is 6.07 Å².